The van der Waals surface area contributed by atoms with Crippen molar-refractivity contribution in [1.82, 2.24) is 15.2 Å². The lowest BCUT2D eigenvalue weighted by molar-refractivity contribution is -0.129. The van der Waals surface area contributed by atoms with Crippen LogP contribution in [0.15, 0.2) is 66.9 Å². The number of nitrogens with zero attached hydrogens (tertiary/aromatic N) is 2. The van der Waals surface area contributed by atoms with Crippen LogP contribution in [-0.4, -0.2) is 49.7 Å². The molecule has 1 N–H and O–H groups in total. The highest BCUT2D eigenvalue weighted by Gasteiger charge is 2.51. The summed E-state index contributed by atoms with van der Waals surface area (Å²) in [6.07, 6.45) is 2.60. The number of ether oxygens (including phenoxy) is 1. The van der Waals surface area contributed by atoms with Gasteiger partial charge in [-0.3, -0.25) is 14.7 Å². The van der Waals surface area contributed by atoms with Crippen LogP contribution in [0.5, 0.6) is 11.5 Å². The third-order valence-corrected chi connectivity index (χ3v) is 6.19. The number of pyridine rings is 1. The van der Waals surface area contributed by atoms with Gasteiger partial charge in [0, 0.05) is 18.8 Å². The highest BCUT2D eigenvalue weighted by Crippen LogP contribution is 2.37. The summed E-state index contributed by atoms with van der Waals surface area (Å²) >= 11 is 5.38. The van der Waals surface area contributed by atoms with Crippen molar-refractivity contribution < 1.29 is 22.1 Å². The molecule has 2 heterocycles. The molecule has 1 fully saturated rings. The van der Waals surface area contributed by atoms with E-state index in [-0.39, 0.29) is 16.8 Å². The lowest BCUT2D eigenvalue weighted by atomic mass is 9.82. The van der Waals surface area contributed by atoms with Crippen LogP contribution in [0.3, 0.4) is 0 Å². The molecule has 4 rings (SSSR count). The van der Waals surface area contributed by atoms with Gasteiger partial charge in [0.2, 0.25) is 0 Å². The second-order valence-corrected chi connectivity index (χ2v) is 9.48. The molecule has 0 bridgehead atoms. The van der Waals surface area contributed by atoms with Crippen molar-refractivity contribution in [3.8, 4) is 22.8 Å². The number of nitrogens with one attached hydrogen (secondary N) is 1. The van der Waals surface area contributed by atoms with Crippen LogP contribution in [0.2, 0.25) is 0 Å². The highest BCUT2D eigenvalue weighted by atomic mass is 32.2. The maximum atomic E-state index is 13.5. The molecule has 1 aliphatic heterocycles. The zero-order valence-electron chi connectivity index (χ0n) is 18.1. The van der Waals surface area contributed by atoms with Gasteiger partial charge in [0.25, 0.3) is 5.91 Å². The Kier molecular flexibility index (Phi) is 5.81. The molecule has 1 amide bonds. The number of carbonyl (C=O) groups is 1. The molecule has 0 spiro atoms. The Morgan fingerprint density at radius 1 is 1.03 bits per heavy atom. The van der Waals surface area contributed by atoms with E-state index in [4.69, 9.17) is 21.1 Å². The monoisotopic (exact) mass is 483 g/mol. The van der Waals surface area contributed by atoms with Gasteiger partial charge < -0.3 is 14.2 Å². The second kappa shape index (κ2) is 8.45. The summed E-state index contributed by atoms with van der Waals surface area (Å²) in [5.41, 5.74) is 1.36. The van der Waals surface area contributed by atoms with Crippen molar-refractivity contribution in [2.24, 2.45) is 0 Å². The van der Waals surface area contributed by atoms with Gasteiger partial charge >= 0.3 is 10.1 Å². The van der Waals surface area contributed by atoms with Crippen molar-refractivity contribution in [3.63, 3.8) is 0 Å². The van der Waals surface area contributed by atoms with Gasteiger partial charge in [-0.25, -0.2) is 0 Å². The number of methoxy groups -OCH3 is 1. The molecular weight excluding hydrogens is 462 g/mol. The smallest absolute Gasteiger partial charge is 0.306 e. The first-order valence-corrected chi connectivity index (χ1v) is 12.1. The van der Waals surface area contributed by atoms with E-state index in [2.05, 4.69) is 10.3 Å². The van der Waals surface area contributed by atoms with Gasteiger partial charge in [0.15, 0.2) is 10.7 Å². The molecule has 170 valence electrons. The summed E-state index contributed by atoms with van der Waals surface area (Å²) in [5.74, 6) is 0.559. The lowest BCUT2D eigenvalue weighted by Gasteiger charge is -2.28. The molecule has 2 aromatic carbocycles. The molecule has 0 aliphatic carbocycles. The molecule has 8 nitrogen and oxygen atoms in total. The van der Waals surface area contributed by atoms with E-state index in [0.717, 1.165) is 11.8 Å². The Morgan fingerprint density at radius 3 is 2.36 bits per heavy atom. The SMILES string of the molecule is COc1cccc(-c2cc(C3(c4ccc(OS(C)(=O)=O)cc4)NC(=S)N(C)C3=O)ccn2)c1. The largest absolute Gasteiger partial charge is 0.497 e. The number of thiocarbonyl (C=S) groups is 1. The minimum absolute atomic E-state index is 0.143. The molecule has 33 heavy (non-hydrogen) atoms. The number of hydrogen-bond donors (Lipinski definition) is 1. The first-order valence-electron chi connectivity index (χ1n) is 9.85. The van der Waals surface area contributed by atoms with E-state index < -0.39 is 15.7 Å². The van der Waals surface area contributed by atoms with Gasteiger partial charge in [-0.15, -0.1) is 0 Å². The Balaban J connectivity index is 1.84. The lowest BCUT2D eigenvalue weighted by Crippen LogP contribution is -2.45. The van der Waals surface area contributed by atoms with E-state index in [1.54, 1.807) is 38.6 Å². The Labute approximate surface area is 197 Å². The maximum Gasteiger partial charge on any atom is 0.306 e. The molecule has 0 radical (unpaired) electrons. The van der Waals surface area contributed by atoms with Crippen LogP contribution in [-0.2, 0) is 20.5 Å². The van der Waals surface area contributed by atoms with Gasteiger partial charge in [0.1, 0.15) is 11.5 Å². The summed E-state index contributed by atoms with van der Waals surface area (Å²) in [4.78, 5) is 19.4. The number of aromatic nitrogens is 1. The second-order valence-electron chi connectivity index (χ2n) is 7.52. The number of hydrogen-bond acceptors (Lipinski definition) is 7. The van der Waals surface area contributed by atoms with Gasteiger partial charge in [-0.05, 0) is 59.7 Å². The summed E-state index contributed by atoms with van der Waals surface area (Å²) in [7, 11) is -0.485. The van der Waals surface area contributed by atoms with Gasteiger partial charge in [-0.1, -0.05) is 24.3 Å². The number of likely N-dealkylation sites (N-methyl/N-ethyl adjacent to an activating group) is 1. The maximum absolute atomic E-state index is 13.5. The fraction of sp³-hybridized carbons (Fsp3) is 0.174. The first kappa shape index (κ1) is 22.7. The zero-order chi connectivity index (χ0) is 23.8. The topological polar surface area (TPSA) is 97.8 Å². The van der Waals surface area contributed by atoms with E-state index in [0.29, 0.717) is 22.6 Å². The molecule has 1 unspecified atom stereocenters. The summed E-state index contributed by atoms with van der Waals surface area (Å²) < 4.78 is 33.2. The molecule has 1 aromatic heterocycles. The van der Waals surface area contributed by atoms with Gasteiger partial charge in [-0.2, -0.15) is 8.42 Å². The van der Waals surface area contributed by atoms with Crippen LogP contribution in [0.1, 0.15) is 11.1 Å². The molecule has 0 saturated carbocycles. The Bertz CT molecular complexity index is 1340. The first-order chi connectivity index (χ1) is 15.6. The molecule has 3 aromatic rings. The van der Waals surface area contributed by atoms with Crippen LogP contribution in [0.4, 0.5) is 0 Å². The average molecular weight is 484 g/mol. The van der Waals surface area contributed by atoms with Crippen molar-refractivity contribution in [2.75, 3.05) is 20.4 Å². The molecular formula is C23H21N3O5S2. The van der Waals surface area contributed by atoms with Crippen LogP contribution < -0.4 is 14.2 Å². The van der Waals surface area contributed by atoms with Crippen molar-refractivity contribution in [1.29, 1.82) is 0 Å². The fourth-order valence-electron chi connectivity index (χ4n) is 3.74. The molecule has 1 aliphatic rings. The summed E-state index contributed by atoms with van der Waals surface area (Å²) in [6.45, 7) is 0. The zero-order valence-corrected chi connectivity index (χ0v) is 19.7. The fourth-order valence-corrected chi connectivity index (χ4v) is 4.44. The standard InChI is InChI=1S/C23H21N3O5S2/c1-26-21(27)23(25-22(26)32,16-7-9-18(10-8-16)31-33(3,28)29)17-11-12-24-20(14-17)15-5-4-6-19(13-15)30-2/h4-14H,1-3H3,(H,25,32). The van der Waals surface area contributed by atoms with E-state index in [1.165, 1.54) is 17.0 Å². The van der Waals surface area contributed by atoms with E-state index in [9.17, 15) is 13.2 Å². The highest BCUT2D eigenvalue weighted by molar-refractivity contribution is 7.86. The van der Waals surface area contributed by atoms with Crippen LogP contribution in [0, 0.1) is 0 Å². The number of benzene rings is 2. The minimum atomic E-state index is -3.68. The molecule has 10 heteroatoms. The van der Waals surface area contributed by atoms with Gasteiger partial charge in [0.05, 0.1) is 19.1 Å². The Morgan fingerprint density at radius 2 is 1.76 bits per heavy atom. The number of amides is 1. The van der Waals surface area contributed by atoms with E-state index in [1.807, 2.05) is 30.3 Å². The van der Waals surface area contributed by atoms with E-state index >= 15 is 0 Å². The summed E-state index contributed by atoms with van der Waals surface area (Å²) in [6, 6.07) is 17.3. The van der Waals surface area contributed by atoms with Crippen molar-refractivity contribution >= 4 is 33.4 Å². The quantitative estimate of drug-likeness (QED) is 0.422. The number of rotatable bonds is 6. The molecule has 1 saturated heterocycles. The number of carbonyl (C=O) groups excluding carboxylic acids is 1. The Hall–Kier alpha value is -3.50. The predicted octanol–water partition coefficient (Wildman–Crippen LogP) is 2.69. The van der Waals surface area contributed by atoms with Crippen molar-refractivity contribution in [3.05, 3.63) is 78.0 Å². The summed E-state index contributed by atoms with van der Waals surface area (Å²) in [5, 5.41) is 3.44. The third kappa shape index (κ3) is 4.27. The van der Waals surface area contributed by atoms with Crippen molar-refractivity contribution in [2.45, 2.75) is 5.54 Å². The van der Waals surface area contributed by atoms with Crippen LogP contribution in [0.25, 0.3) is 11.3 Å². The minimum Gasteiger partial charge on any atom is -0.497 e. The normalized spacial score (nSPS) is 18.2. The average Bonchev–Trinajstić information content (AvgIpc) is 3.03. The predicted molar refractivity (Wildman–Crippen MR) is 127 cm³/mol. The third-order valence-electron chi connectivity index (χ3n) is 5.32. The molecule has 1 atom stereocenters. The van der Waals surface area contributed by atoms with Crippen LogP contribution >= 0.6 is 12.2 Å².